The first-order chi connectivity index (χ1) is 24.3. The van der Waals surface area contributed by atoms with Crippen LogP contribution in [0.4, 0.5) is 0 Å². The molecular weight excluding hydrogens is 593 g/mol. The zero-order chi connectivity index (χ0) is 32.1. The Morgan fingerprint density at radius 1 is 0.286 bits per heavy atom. The lowest BCUT2D eigenvalue weighted by Crippen LogP contribution is -1.93. The van der Waals surface area contributed by atoms with Crippen LogP contribution in [-0.4, -0.2) is 0 Å². The van der Waals surface area contributed by atoms with E-state index in [2.05, 4.69) is 170 Å². The molecule has 0 amide bonds. The third-order valence-corrected chi connectivity index (χ3v) is 10.6. The van der Waals surface area contributed by atoms with Gasteiger partial charge in [0.15, 0.2) is 0 Å². The van der Waals surface area contributed by atoms with Gasteiger partial charge in [-0.1, -0.05) is 140 Å². The maximum absolute atomic E-state index is 6.36. The van der Waals surface area contributed by atoms with Crippen molar-refractivity contribution in [2.24, 2.45) is 0 Å². The smallest absolute Gasteiger partial charge is 0.136 e. The third kappa shape index (κ3) is 3.82. The molecule has 11 aromatic rings. The Bertz CT molecular complexity index is 3050. The van der Waals surface area contributed by atoms with Gasteiger partial charge in [-0.2, -0.15) is 0 Å². The van der Waals surface area contributed by atoms with Gasteiger partial charge in [0.05, 0.1) is 0 Å². The summed E-state index contributed by atoms with van der Waals surface area (Å²) < 4.78 is 6.36. The minimum atomic E-state index is 0.939. The molecule has 1 heterocycles. The number of hydrogen-bond donors (Lipinski definition) is 0. The van der Waals surface area contributed by atoms with Gasteiger partial charge in [0.2, 0.25) is 0 Å². The molecule has 0 unspecified atom stereocenters. The zero-order valence-corrected chi connectivity index (χ0v) is 26.6. The van der Waals surface area contributed by atoms with E-state index in [0.717, 1.165) is 11.2 Å². The summed E-state index contributed by atoms with van der Waals surface area (Å²) in [6.45, 7) is 0. The molecule has 0 N–H and O–H groups in total. The second-order valence-corrected chi connectivity index (χ2v) is 13.2. The van der Waals surface area contributed by atoms with Gasteiger partial charge in [0, 0.05) is 10.8 Å². The first-order valence-electron chi connectivity index (χ1n) is 16.9. The maximum Gasteiger partial charge on any atom is 0.136 e. The number of rotatable bonds is 3. The van der Waals surface area contributed by atoms with Crippen LogP contribution in [0, 0.1) is 0 Å². The summed E-state index contributed by atoms with van der Waals surface area (Å²) in [6, 6.07) is 62.2. The Balaban J connectivity index is 1.23. The van der Waals surface area contributed by atoms with Crippen molar-refractivity contribution >= 4 is 75.8 Å². The lowest BCUT2D eigenvalue weighted by atomic mass is 9.83. The van der Waals surface area contributed by atoms with Gasteiger partial charge in [0.1, 0.15) is 11.2 Å². The third-order valence-electron chi connectivity index (χ3n) is 10.6. The molecular formula is C48H28O. The second-order valence-electron chi connectivity index (χ2n) is 13.2. The van der Waals surface area contributed by atoms with E-state index in [1.807, 2.05) is 0 Å². The van der Waals surface area contributed by atoms with Crippen LogP contribution in [0.3, 0.4) is 0 Å². The van der Waals surface area contributed by atoms with E-state index in [-0.39, 0.29) is 0 Å². The highest BCUT2D eigenvalue weighted by molar-refractivity contribution is 6.30. The molecule has 0 aliphatic carbocycles. The molecule has 0 spiro atoms. The van der Waals surface area contributed by atoms with Crippen LogP contribution in [0.5, 0.6) is 0 Å². The topological polar surface area (TPSA) is 13.1 Å². The monoisotopic (exact) mass is 620 g/mol. The van der Waals surface area contributed by atoms with E-state index in [0.29, 0.717) is 0 Å². The first kappa shape index (κ1) is 26.6. The lowest BCUT2D eigenvalue weighted by Gasteiger charge is -2.20. The molecule has 1 aromatic heterocycles. The van der Waals surface area contributed by atoms with Gasteiger partial charge >= 0.3 is 0 Å². The summed E-state index contributed by atoms with van der Waals surface area (Å²) >= 11 is 0. The van der Waals surface area contributed by atoms with Gasteiger partial charge in [-0.25, -0.2) is 0 Å². The molecule has 0 fully saturated rings. The highest BCUT2D eigenvalue weighted by atomic mass is 16.3. The van der Waals surface area contributed by atoms with Crippen molar-refractivity contribution in [2.45, 2.75) is 0 Å². The molecule has 1 heteroatoms. The van der Waals surface area contributed by atoms with Crippen LogP contribution in [-0.2, 0) is 0 Å². The van der Waals surface area contributed by atoms with Crippen LogP contribution in [0.1, 0.15) is 0 Å². The average Bonchev–Trinajstić information content (AvgIpc) is 3.56. The zero-order valence-electron chi connectivity index (χ0n) is 26.6. The summed E-state index contributed by atoms with van der Waals surface area (Å²) in [7, 11) is 0. The molecule has 0 saturated carbocycles. The largest absolute Gasteiger partial charge is 0.456 e. The first-order valence-corrected chi connectivity index (χ1v) is 16.9. The van der Waals surface area contributed by atoms with E-state index < -0.39 is 0 Å². The van der Waals surface area contributed by atoms with E-state index in [9.17, 15) is 0 Å². The van der Waals surface area contributed by atoms with Gasteiger partial charge in [0.25, 0.3) is 0 Å². The molecule has 0 bridgehead atoms. The standard InChI is InChI=1S/C48H28O/c1-2-11-31-26-32(24-22-29(31)10-1)33-25-23-30-12-7-18-39(41(30)27-33)46-35-14-3-5-16-37(35)47(38-17-6-4-15-36(38)46)42-28-34-13-8-20-43-45(34)48-40(42)19-9-21-44(48)49-43/h1-28H. The minimum Gasteiger partial charge on any atom is -0.456 e. The number of furan rings is 1. The number of benzene rings is 10. The quantitative estimate of drug-likeness (QED) is 0.141. The fourth-order valence-corrected chi connectivity index (χ4v) is 8.43. The van der Waals surface area contributed by atoms with Crippen LogP contribution in [0.25, 0.3) is 109 Å². The van der Waals surface area contributed by atoms with Gasteiger partial charge < -0.3 is 4.42 Å². The summed E-state index contributed by atoms with van der Waals surface area (Å²) in [5.74, 6) is 0. The molecule has 49 heavy (non-hydrogen) atoms. The van der Waals surface area contributed by atoms with E-state index in [4.69, 9.17) is 4.42 Å². The van der Waals surface area contributed by atoms with Crippen LogP contribution in [0.15, 0.2) is 174 Å². The summed E-state index contributed by atoms with van der Waals surface area (Å²) in [5.41, 5.74) is 9.37. The fourth-order valence-electron chi connectivity index (χ4n) is 8.43. The van der Waals surface area contributed by atoms with Crippen molar-refractivity contribution in [3.05, 3.63) is 170 Å². The molecule has 0 radical (unpaired) electrons. The van der Waals surface area contributed by atoms with Crippen LogP contribution >= 0.6 is 0 Å². The molecule has 226 valence electrons. The Morgan fingerprint density at radius 3 is 1.57 bits per heavy atom. The average molecular weight is 621 g/mol. The number of hydrogen-bond acceptors (Lipinski definition) is 1. The number of fused-ring (bicyclic) bond motifs is 4. The maximum atomic E-state index is 6.36. The fraction of sp³-hybridized carbons (Fsp3) is 0. The highest BCUT2D eigenvalue weighted by Gasteiger charge is 2.22. The van der Waals surface area contributed by atoms with E-state index in [1.165, 1.54) is 98.0 Å². The lowest BCUT2D eigenvalue weighted by molar-refractivity contribution is 0.669. The Kier molecular flexibility index (Phi) is 5.45. The van der Waals surface area contributed by atoms with Gasteiger partial charge in [-0.15, -0.1) is 0 Å². The molecule has 0 aliphatic rings. The Hall–Kier alpha value is -6.44. The molecule has 0 aliphatic heterocycles. The second kappa shape index (κ2) is 10.0. The van der Waals surface area contributed by atoms with Crippen molar-refractivity contribution in [3.63, 3.8) is 0 Å². The van der Waals surface area contributed by atoms with E-state index in [1.54, 1.807) is 0 Å². The SMILES string of the molecule is c1ccc2cc(-c3ccc4cccc(-c5c6ccccc6c(-c6cc7cccc8oc9cccc6c9c78)c6ccccc56)c4c3)ccc2c1. The summed E-state index contributed by atoms with van der Waals surface area (Å²) in [4.78, 5) is 0. The highest BCUT2D eigenvalue weighted by Crippen LogP contribution is 2.49. The van der Waals surface area contributed by atoms with Crippen molar-refractivity contribution in [3.8, 4) is 33.4 Å². The van der Waals surface area contributed by atoms with Crippen molar-refractivity contribution < 1.29 is 4.42 Å². The van der Waals surface area contributed by atoms with Crippen molar-refractivity contribution in [1.82, 2.24) is 0 Å². The summed E-state index contributed by atoms with van der Waals surface area (Å²) in [6.07, 6.45) is 0. The van der Waals surface area contributed by atoms with Crippen LogP contribution < -0.4 is 0 Å². The predicted molar refractivity (Wildman–Crippen MR) is 209 cm³/mol. The Morgan fingerprint density at radius 2 is 0.816 bits per heavy atom. The van der Waals surface area contributed by atoms with Crippen molar-refractivity contribution in [1.29, 1.82) is 0 Å². The van der Waals surface area contributed by atoms with Gasteiger partial charge in [-0.3, -0.25) is 0 Å². The predicted octanol–water partition coefficient (Wildman–Crippen LogP) is 13.8. The minimum absolute atomic E-state index is 0.939. The van der Waals surface area contributed by atoms with Crippen LogP contribution in [0.2, 0.25) is 0 Å². The molecule has 0 saturated heterocycles. The Labute approximate surface area is 282 Å². The van der Waals surface area contributed by atoms with Gasteiger partial charge in [-0.05, 0) is 118 Å². The molecule has 0 atom stereocenters. The van der Waals surface area contributed by atoms with E-state index >= 15 is 0 Å². The van der Waals surface area contributed by atoms with Crippen molar-refractivity contribution in [2.75, 3.05) is 0 Å². The molecule has 11 rings (SSSR count). The normalized spacial score (nSPS) is 12.1. The molecule has 1 nitrogen and oxygen atoms in total. The molecule has 10 aromatic carbocycles. The summed E-state index contributed by atoms with van der Waals surface area (Å²) in [5, 5.41) is 14.9.